The Balaban J connectivity index is 2.40. The first kappa shape index (κ1) is 9.74. The van der Waals surface area contributed by atoms with Gasteiger partial charge in [0, 0.05) is 12.6 Å². The van der Waals surface area contributed by atoms with Gasteiger partial charge in [-0.25, -0.2) is 0 Å². The van der Waals surface area contributed by atoms with Gasteiger partial charge < -0.3 is 5.73 Å². The van der Waals surface area contributed by atoms with Gasteiger partial charge >= 0.3 is 0 Å². The number of allylic oxidation sites excluding steroid dienone is 1. The van der Waals surface area contributed by atoms with Crippen molar-refractivity contribution in [2.75, 3.05) is 0 Å². The Kier molecular flexibility index (Phi) is 2.61. The minimum atomic E-state index is 0.182. The number of hydrogen-bond acceptors (Lipinski definition) is 2. The normalized spacial score (nSPS) is 21.4. The van der Waals surface area contributed by atoms with Gasteiger partial charge in [-0.2, -0.15) is 5.10 Å². The standard InChI is InChI=1S/C10H14ClN3/c1-2-14-10(9(11)6-13-14)7-3-4-8(12)5-7/h5-6,8H,2-4,12H2,1H3. The van der Waals surface area contributed by atoms with Gasteiger partial charge in [0.15, 0.2) is 0 Å². The number of rotatable bonds is 2. The summed E-state index contributed by atoms with van der Waals surface area (Å²) < 4.78 is 1.92. The van der Waals surface area contributed by atoms with E-state index in [4.69, 9.17) is 17.3 Å². The van der Waals surface area contributed by atoms with E-state index in [1.54, 1.807) is 6.20 Å². The van der Waals surface area contributed by atoms with E-state index in [2.05, 4.69) is 18.1 Å². The molecule has 1 aliphatic rings. The summed E-state index contributed by atoms with van der Waals surface area (Å²) in [6.07, 6.45) is 5.81. The molecule has 4 heteroatoms. The Hall–Kier alpha value is -0.800. The molecule has 1 aromatic heterocycles. The smallest absolute Gasteiger partial charge is 0.0862 e. The van der Waals surface area contributed by atoms with Crippen LogP contribution in [0, 0.1) is 0 Å². The molecule has 1 aliphatic carbocycles. The van der Waals surface area contributed by atoms with E-state index in [0.29, 0.717) is 0 Å². The number of nitrogens with zero attached hydrogens (tertiary/aromatic N) is 2. The zero-order chi connectivity index (χ0) is 10.1. The van der Waals surface area contributed by atoms with Gasteiger partial charge in [-0.05, 0) is 25.3 Å². The molecule has 1 heterocycles. The summed E-state index contributed by atoms with van der Waals surface area (Å²) in [7, 11) is 0. The lowest BCUT2D eigenvalue weighted by Crippen LogP contribution is -2.11. The molecule has 14 heavy (non-hydrogen) atoms. The SMILES string of the molecule is CCn1ncc(Cl)c1C1=CC(N)CC1. The highest BCUT2D eigenvalue weighted by atomic mass is 35.5. The molecule has 2 rings (SSSR count). The average Bonchev–Trinajstić information content (AvgIpc) is 2.71. The fourth-order valence-corrected chi connectivity index (χ4v) is 2.13. The molecule has 1 unspecified atom stereocenters. The van der Waals surface area contributed by atoms with Gasteiger partial charge in [-0.1, -0.05) is 17.7 Å². The van der Waals surface area contributed by atoms with Crippen molar-refractivity contribution in [2.45, 2.75) is 32.4 Å². The molecule has 3 nitrogen and oxygen atoms in total. The van der Waals surface area contributed by atoms with Gasteiger partial charge in [-0.15, -0.1) is 0 Å². The lowest BCUT2D eigenvalue weighted by molar-refractivity contribution is 0.649. The van der Waals surface area contributed by atoms with Crippen molar-refractivity contribution in [3.8, 4) is 0 Å². The monoisotopic (exact) mass is 211 g/mol. The van der Waals surface area contributed by atoms with Crippen LogP contribution in [0.1, 0.15) is 25.5 Å². The Labute approximate surface area is 88.5 Å². The predicted octanol–water partition coefficient (Wildman–Crippen LogP) is 2.06. The first-order valence-electron chi connectivity index (χ1n) is 4.90. The maximum absolute atomic E-state index is 6.09. The molecular formula is C10H14ClN3. The molecule has 0 aromatic carbocycles. The van der Waals surface area contributed by atoms with Crippen molar-refractivity contribution in [1.29, 1.82) is 0 Å². The van der Waals surface area contributed by atoms with Crippen LogP contribution in [-0.2, 0) is 6.54 Å². The largest absolute Gasteiger partial charge is 0.324 e. The van der Waals surface area contributed by atoms with Crippen LogP contribution in [0.4, 0.5) is 0 Å². The summed E-state index contributed by atoms with van der Waals surface area (Å²) in [6, 6.07) is 0.182. The van der Waals surface area contributed by atoms with Gasteiger partial charge in [0.25, 0.3) is 0 Å². The zero-order valence-corrected chi connectivity index (χ0v) is 8.96. The third-order valence-electron chi connectivity index (χ3n) is 2.56. The zero-order valence-electron chi connectivity index (χ0n) is 8.20. The summed E-state index contributed by atoms with van der Waals surface area (Å²) in [4.78, 5) is 0. The predicted molar refractivity (Wildman–Crippen MR) is 58.1 cm³/mol. The maximum Gasteiger partial charge on any atom is 0.0862 e. The third-order valence-corrected chi connectivity index (χ3v) is 2.84. The molecule has 0 spiro atoms. The topological polar surface area (TPSA) is 43.8 Å². The summed E-state index contributed by atoms with van der Waals surface area (Å²) in [5.41, 5.74) is 8.11. The molecule has 1 aromatic rings. The second-order valence-electron chi connectivity index (χ2n) is 3.55. The molecule has 0 bridgehead atoms. The van der Waals surface area contributed by atoms with Crippen LogP contribution in [-0.4, -0.2) is 15.8 Å². The average molecular weight is 212 g/mol. The van der Waals surface area contributed by atoms with E-state index in [1.807, 2.05) is 4.68 Å². The number of aromatic nitrogens is 2. The van der Waals surface area contributed by atoms with Crippen LogP contribution in [0.3, 0.4) is 0 Å². The van der Waals surface area contributed by atoms with Crippen LogP contribution in [0.2, 0.25) is 5.02 Å². The second kappa shape index (κ2) is 3.75. The molecule has 1 atom stereocenters. The quantitative estimate of drug-likeness (QED) is 0.814. The maximum atomic E-state index is 6.09. The van der Waals surface area contributed by atoms with E-state index in [9.17, 15) is 0 Å². The molecule has 0 aliphatic heterocycles. The number of hydrogen-bond donors (Lipinski definition) is 1. The number of halogens is 1. The summed E-state index contributed by atoms with van der Waals surface area (Å²) >= 11 is 6.09. The van der Waals surface area contributed by atoms with Crippen molar-refractivity contribution in [1.82, 2.24) is 9.78 Å². The van der Waals surface area contributed by atoms with Gasteiger partial charge in [0.2, 0.25) is 0 Å². The van der Waals surface area contributed by atoms with Crippen molar-refractivity contribution in [3.63, 3.8) is 0 Å². The van der Waals surface area contributed by atoms with Crippen LogP contribution in [0.5, 0.6) is 0 Å². The molecular weight excluding hydrogens is 198 g/mol. The molecule has 2 N–H and O–H groups in total. The van der Waals surface area contributed by atoms with E-state index in [0.717, 1.165) is 30.1 Å². The summed E-state index contributed by atoms with van der Waals surface area (Å²) in [5.74, 6) is 0. The van der Waals surface area contributed by atoms with Gasteiger partial charge in [0.05, 0.1) is 16.9 Å². The van der Waals surface area contributed by atoms with Crippen molar-refractivity contribution < 1.29 is 0 Å². The Morgan fingerprint density at radius 1 is 1.71 bits per heavy atom. The van der Waals surface area contributed by atoms with E-state index in [-0.39, 0.29) is 6.04 Å². The molecule has 0 radical (unpaired) electrons. The fraction of sp³-hybridized carbons (Fsp3) is 0.500. The molecule has 76 valence electrons. The highest BCUT2D eigenvalue weighted by Crippen LogP contribution is 2.31. The first-order valence-corrected chi connectivity index (χ1v) is 5.28. The molecule has 0 saturated heterocycles. The van der Waals surface area contributed by atoms with Crippen LogP contribution >= 0.6 is 11.6 Å². The van der Waals surface area contributed by atoms with E-state index < -0.39 is 0 Å². The van der Waals surface area contributed by atoms with Crippen molar-refractivity contribution in [3.05, 3.63) is 23.0 Å². The van der Waals surface area contributed by atoms with Gasteiger partial charge in [0.1, 0.15) is 0 Å². The second-order valence-corrected chi connectivity index (χ2v) is 3.96. The van der Waals surface area contributed by atoms with E-state index >= 15 is 0 Å². The minimum Gasteiger partial charge on any atom is -0.324 e. The fourth-order valence-electron chi connectivity index (χ4n) is 1.87. The number of aryl methyl sites for hydroxylation is 1. The van der Waals surface area contributed by atoms with Crippen molar-refractivity contribution >= 4 is 17.2 Å². The Morgan fingerprint density at radius 3 is 3.07 bits per heavy atom. The lowest BCUT2D eigenvalue weighted by atomic mass is 10.1. The lowest BCUT2D eigenvalue weighted by Gasteiger charge is -2.05. The van der Waals surface area contributed by atoms with Crippen molar-refractivity contribution in [2.24, 2.45) is 5.73 Å². The number of nitrogens with two attached hydrogens (primary N) is 1. The highest BCUT2D eigenvalue weighted by molar-refractivity contribution is 6.32. The first-order chi connectivity index (χ1) is 6.72. The summed E-state index contributed by atoms with van der Waals surface area (Å²) in [5, 5.41) is 4.94. The Bertz CT molecular complexity index is 367. The molecule has 0 amide bonds. The molecule has 0 saturated carbocycles. The van der Waals surface area contributed by atoms with E-state index in [1.165, 1.54) is 5.57 Å². The van der Waals surface area contributed by atoms with Crippen LogP contribution in [0.15, 0.2) is 12.3 Å². The van der Waals surface area contributed by atoms with Crippen LogP contribution in [0.25, 0.3) is 5.57 Å². The highest BCUT2D eigenvalue weighted by Gasteiger charge is 2.19. The third kappa shape index (κ3) is 1.57. The Morgan fingerprint density at radius 2 is 2.50 bits per heavy atom. The van der Waals surface area contributed by atoms with Gasteiger partial charge in [-0.3, -0.25) is 4.68 Å². The summed E-state index contributed by atoms with van der Waals surface area (Å²) in [6.45, 7) is 2.90. The molecule has 0 fully saturated rings. The minimum absolute atomic E-state index is 0.182. The van der Waals surface area contributed by atoms with Crippen LogP contribution < -0.4 is 5.73 Å².